The minimum absolute atomic E-state index is 0.181. The molecule has 0 amide bonds. The maximum Gasteiger partial charge on any atom is 0.266 e. The molecule has 6 aromatic rings. The van der Waals surface area contributed by atoms with Crippen LogP contribution in [-0.2, 0) is 20.0 Å². The van der Waals surface area contributed by atoms with Crippen molar-refractivity contribution in [1.29, 1.82) is 0 Å². The first kappa shape index (κ1) is 21.9. The normalized spacial score (nSPS) is 11.5. The number of benzene rings is 2. The number of fused-ring (bicyclic) bond motifs is 2. The van der Waals surface area contributed by atoms with Crippen LogP contribution in [0.25, 0.3) is 38.8 Å². The number of aromatic nitrogens is 6. The third-order valence-corrected chi connectivity index (χ3v) is 6.46. The number of nitrogens with zero attached hydrogens (tertiary/aromatic N) is 6. The maximum absolute atomic E-state index is 13.9. The molecule has 7 nitrogen and oxygen atoms in total. The van der Waals surface area contributed by atoms with Gasteiger partial charge < -0.3 is 0 Å². The maximum atomic E-state index is 13.9. The Hall–Kier alpha value is -4.59. The van der Waals surface area contributed by atoms with Gasteiger partial charge in [-0.2, -0.15) is 10.2 Å². The summed E-state index contributed by atoms with van der Waals surface area (Å²) in [5, 5.41) is 10.8. The van der Waals surface area contributed by atoms with Gasteiger partial charge in [0, 0.05) is 60.1 Å². The fourth-order valence-electron chi connectivity index (χ4n) is 4.59. The van der Waals surface area contributed by atoms with E-state index in [1.165, 1.54) is 22.9 Å². The molecule has 0 aliphatic carbocycles. The second-order valence-corrected chi connectivity index (χ2v) is 9.00. The highest BCUT2D eigenvalue weighted by Gasteiger charge is 2.11. The van der Waals surface area contributed by atoms with Crippen molar-refractivity contribution in [1.82, 2.24) is 29.1 Å². The molecule has 0 unspecified atom stereocenters. The molecule has 6 rings (SSSR count). The van der Waals surface area contributed by atoms with Crippen LogP contribution in [0.2, 0.25) is 0 Å². The summed E-state index contributed by atoms with van der Waals surface area (Å²) in [5.41, 5.74) is 5.56. The van der Waals surface area contributed by atoms with Crippen molar-refractivity contribution in [3.63, 3.8) is 0 Å². The average molecular weight is 479 g/mol. The molecule has 36 heavy (non-hydrogen) atoms. The Labute approximate surface area is 206 Å². The molecule has 0 aliphatic heterocycles. The molecular formula is C28H23FN6O. The van der Waals surface area contributed by atoms with E-state index < -0.39 is 0 Å². The van der Waals surface area contributed by atoms with Crippen LogP contribution in [0.1, 0.15) is 11.1 Å². The van der Waals surface area contributed by atoms with Gasteiger partial charge in [0.25, 0.3) is 5.56 Å². The van der Waals surface area contributed by atoms with E-state index in [-0.39, 0.29) is 11.4 Å². The number of pyridine rings is 1. The summed E-state index contributed by atoms with van der Waals surface area (Å²) >= 11 is 0. The van der Waals surface area contributed by atoms with Gasteiger partial charge in [-0.15, -0.1) is 0 Å². The Morgan fingerprint density at radius 1 is 0.944 bits per heavy atom. The summed E-state index contributed by atoms with van der Waals surface area (Å²) in [6.45, 7) is 2.39. The fraction of sp³-hybridized carbons (Fsp3) is 0.143. The Bertz CT molecular complexity index is 1810. The monoisotopic (exact) mass is 478 g/mol. The van der Waals surface area contributed by atoms with Gasteiger partial charge >= 0.3 is 0 Å². The first-order valence-electron chi connectivity index (χ1n) is 11.7. The molecule has 0 atom stereocenters. The van der Waals surface area contributed by atoms with Crippen LogP contribution in [-0.4, -0.2) is 29.1 Å². The lowest BCUT2D eigenvalue weighted by molar-refractivity contribution is 0.572. The van der Waals surface area contributed by atoms with Crippen molar-refractivity contribution < 1.29 is 4.39 Å². The highest BCUT2D eigenvalue weighted by Crippen LogP contribution is 2.25. The van der Waals surface area contributed by atoms with Gasteiger partial charge in [-0.1, -0.05) is 6.07 Å². The quantitative estimate of drug-likeness (QED) is 0.356. The number of rotatable bonds is 5. The van der Waals surface area contributed by atoms with Crippen molar-refractivity contribution in [2.45, 2.75) is 19.9 Å². The van der Waals surface area contributed by atoms with E-state index in [0.29, 0.717) is 18.8 Å². The van der Waals surface area contributed by atoms with Crippen LogP contribution in [0.15, 0.2) is 84.2 Å². The molecule has 0 aliphatic rings. The summed E-state index contributed by atoms with van der Waals surface area (Å²) in [4.78, 5) is 17.2. The van der Waals surface area contributed by atoms with Gasteiger partial charge in [-0.3, -0.25) is 19.0 Å². The largest absolute Gasteiger partial charge is 0.299 e. The molecule has 0 radical (unpaired) electrons. The van der Waals surface area contributed by atoms with Crippen molar-refractivity contribution in [2.75, 3.05) is 0 Å². The third-order valence-electron chi connectivity index (χ3n) is 6.46. The van der Waals surface area contributed by atoms with E-state index in [9.17, 15) is 9.18 Å². The molecule has 0 saturated carbocycles. The number of halogens is 1. The van der Waals surface area contributed by atoms with Crippen LogP contribution in [0, 0.1) is 12.7 Å². The molecule has 0 saturated heterocycles. The topological polar surface area (TPSA) is 70.5 Å². The predicted molar refractivity (Wildman–Crippen MR) is 138 cm³/mol. The van der Waals surface area contributed by atoms with Crippen molar-refractivity contribution >= 4 is 21.8 Å². The van der Waals surface area contributed by atoms with Crippen molar-refractivity contribution in [3.05, 3.63) is 107 Å². The molecule has 0 bridgehead atoms. The van der Waals surface area contributed by atoms with E-state index in [4.69, 9.17) is 0 Å². The van der Waals surface area contributed by atoms with E-state index in [0.717, 1.165) is 44.1 Å². The summed E-state index contributed by atoms with van der Waals surface area (Å²) in [6, 6.07) is 16.1. The highest BCUT2D eigenvalue weighted by molar-refractivity contribution is 5.85. The Morgan fingerprint density at radius 3 is 2.67 bits per heavy atom. The van der Waals surface area contributed by atoms with Crippen LogP contribution in [0.3, 0.4) is 0 Å². The first-order chi connectivity index (χ1) is 17.4. The van der Waals surface area contributed by atoms with Crippen LogP contribution >= 0.6 is 0 Å². The molecular weight excluding hydrogens is 455 g/mol. The summed E-state index contributed by atoms with van der Waals surface area (Å²) < 4.78 is 19.0. The SMILES string of the molecule is Cc1cn(-c2ccc(=O)n(CCc3ccc4ncc(-c5cnn(C)c5)cc4c3)n2)c2cc(F)ccc12. The number of hydrogen-bond acceptors (Lipinski definition) is 4. The Morgan fingerprint density at radius 2 is 1.83 bits per heavy atom. The zero-order valence-electron chi connectivity index (χ0n) is 19.9. The molecule has 0 spiro atoms. The molecule has 178 valence electrons. The van der Waals surface area contributed by atoms with Gasteiger partial charge in [-0.25, -0.2) is 9.07 Å². The molecule has 4 heterocycles. The Balaban J connectivity index is 1.29. The molecule has 4 aromatic heterocycles. The smallest absolute Gasteiger partial charge is 0.266 e. The first-order valence-corrected chi connectivity index (χ1v) is 11.7. The zero-order chi connectivity index (χ0) is 24.8. The fourth-order valence-corrected chi connectivity index (χ4v) is 4.59. The predicted octanol–water partition coefficient (Wildman–Crippen LogP) is 4.83. The molecule has 2 aromatic carbocycles. The van der Waals surface area contributed by atoms with E-state index in [1.807, 2.05) is 55.5 Å². The lowest BCUT2D eigenvalue weighted by Crippen LogP contribution is -2.24. The zero-order valence-corrected chi connectivity index (χ0v) is 19.9. The van der Waals surface area contributed by atoms with Crippen molar-refractivity contribution in [2.24, 2.45) is 7.05 Å². The van der Waals surface area contributed by atoms with Crippen LogP contribution < -0.4 is 5.56 Å². The van der Waals surface area contributed by atoms with E-state index in [1.54, 1.807) is 16.8 Å². The van der Waals surface area contributed by atoms with Gasteiger partial charge in [0.2, 0.25) is 0 Å². The molecule has 8 heteroatoms. The lowest BCUT2D eigenvalue weighted by atomic mass is 10.1. The van der Waals surface area contributed by atoms with Crippen molar-refractivity contribution in [3.8, 4) is 16.9 Å². The third kappa shape index (κ3) is 3.96. The molecule has 0 N–H and O–H groups in total. The van der Waals surface area contributed by atoms with E-state index >= 15 is 0 Å². The van der Waals surface area contributed by atoms with Gasteiger partial charge in [0.15, 0.2) is 5.82 Å². The van der Waals surface area contributed by atoms with Gasteiger partial charge in [0.1, 0.15) is 5.82 Å². The average Bonchev–Trinajstić information content (AvgIpc) is 3.46. The second-order valence-electron chi connectivity index (χ2n) is 9.00. The highest BCUT2D eigenvalue weighted by atomic mass is 19.1. The Kier molecular flexibility index (Phi) is 5.21. The minimum Gasteiger partial charge on any atom is -0.299 e. The minimum atomic E-state index is -0.312. The second kappa shape index (κ2) is 8.57. The lowest BCUT2D eigenvalue weighted by Gasteiger charge is -2.10. The summed E-state index contributed by atoms with van der Waals surface area (Å²) in [5.74, 6) is 0.259. The van der Waals surface area contributed by atoms with E-state index in [2.05, 4.69) is 27.3 Å². The summed E-state index contributed by atoms with van der Waals surface area (Å²) in [7, 11) is 1.89. The molecule has 0 fully saturated rings. The standard InChI is InChI=1S/C28H23FN6O/c1-18-16-34(26-13-23(29)4-5-24(18)26)27-7-8-28(36)35(32-27)10-9-19-3-6-25-20(11-19)12-21(14-30-25)22-15-31-33(2)17-22/h3-8,11-17H,9-10H2,1-2H3. The van der Waals surface area contributed by atoms with Crippen LogP contribution in [0.4, 0.5) is 4.39 Å². The van der Waals surface area contributed by atoms with Gasteiger partial charge in [0.05, 0.1) is 17.2 Å². The summed E-state index contributed by atoms with van der Waals surface area (Å²) in [6.07, 6.45) is 8.18. The van der Waals surface area contributed by atoms with Gasteiger partial charge in [-0.05, 0) is 66.9 Å². The number of aryl methyl sites for hydroxylation is 4. The number of hydrogen-bond donors (Lipinski definition) is 0. The van der Waals surface area contributed by atoms with Crippen LogP contribution in [0.5, 0.6) is 0 Å².